The third-order valence-electron chi connectivity index (χ3n) is 4.29. The number of nitrogens with zero attached hydrogens (tertiary/aromatic N) is 4. The first kappa shape index (κ1) is 26.1. The number of carbonyl (C=O) groups excluding carboxylic acids is 1. The summed E-state index contributed by atoms with van der Waals surface area (Å²) in [5, 5.41) is 16.2. The van der Waals surface area contributed by atoms with Crippen LogP contribution in [-0.2, 0) is 21.3 Å². The highest BCUT2D eigenvalue weighted by Crippen LogP contribution is 2.27. The average molecular weight is 576 g/mol. The van der Waals surface area contributed by atoms with Gasteiger partial charge in [-0.25, -0.2) is 17.9 Å². The maximum atomic E-state index is 12.2. The Labute approximate surface area is 210 Å². The third-order valence-corrected chi connectivity index (χ3v) is 6.51. The van der Waals surface area contributed by atoms with E-state index in [0.717, 1.165) is 5.56 Å². The van der Waals surface area contributed by atoms with Crippen molar-refractivity contribution in [2.45, 2.75) is 39.3 Å². The Balaban J connectivity index is 1.87. The van der Waals surface area contributed by atoms with Crippen molar-refractivity contribution in [3.8, 4) is 0 Å². The van der Waals surface area contributed by atoms with Crippen LogP contribution in [0.3, 0.4) is 0 Å². The smallest absolute Gasteiger partial charge is 0.413 e. The maximum Gasteiger partial charge on any atom is 0.413 e. The second kappa shape index (κ2) is 10.4. The molecule has 0 spiro atoms. The fourth-order valence-corrected chi connectivity index (χ4v) is 4.69. The molecule has 14 heteroatoms. The number of amides is 1. The van der Waals surface area contributed by atoms with Gasteiger partial charge in [0.05, 0.1) is 29.6 Å². The summed E-state index contributed by atoms with van der Waals surface area (Å²) in [4.78, 5) is 20.5. The lowest BCUT2D eigenvalue weighted by molar-refractivity contribution is 0.0635. The Morgan fingerprint density at radius 3 is 2.71 bits per heavy atom. The van der Waals surface area contributed by atoms with Crippen molar-refractivity contribution in [2.75, 3.05) is 22.4 Å². The van der Waals surface area contributed by atoms with Crippen LogP contribution in [0.4, 0.5) is 16.3 Å². The predicted molar refractivity (Wildman–Crippen MR) is 133 cm³/mol. The largest absolute Gasteiger partial charge is 0.444 e. The molecule has 11 nitrogen and oxygen atoms in total. The van der Waals surface area contributed by atoms with E-state index in [9.17, 15) is 13.2 Å². The fraction of sp³-hybridized carbons (Fsp3) is 0.400. The lowest BCUT2D eigenvalue weighted by Crippen LogP contribution is -2.27. The van der Waals surface area contributed by atoms with Crippen LogP contribution in [0, 0.1) is 0 Å². The van der Waals surface area contributed by atoms with E-state index in [2.05, 4.69) is 41.0 Å². The summed E-state index contributed by atoms with van der Waals surface area (Å²) < 4.78 is 34.3. The highest BCUT2D eigenvalue weighted by molar-refractivity contribution is 9.10. The molecule has 0 radical (unpaired) electrons. The van der Waals surface area contributed by atoms with Crippen LogP contribution >= 0.6 is 27.5 Å². The number of aliphatic hydroxyl groups is 1. The normalized spacial score (nSPS) is 12.1. The Hall–Kier alpha value is -2.48. The Morgan fingerprint density at radius 2 is 2.03 bits per heavy atom. The minimum atomic E-state index is -3.62. The molecule has 0 aliphatic rings. The van der Waals surface area contributed by atoms with Gasteiger partial charge in [0.2, 0.25) is 15.3 Å². The number of hydrogen-bond donors (Lipinski definition) is 3. The number of hydrogen-bond acceptors (Lipinski definition) is 8. The molecule has 0 bridgehead atoms. The molecule has 2 aromatic heterocycles. The number of ether oxygens (including phenoxy) is 1. The summed E-state index contributed by atoms with van der Waals surface area (Å²) in [6.07, 6.45) is 0.934. The van der Waals surface area contributed by atoms with E-state index in [1.165, 1.54) is 6.20 Å². The molecular weight excluding hydrogens is 552 g/mol. The maximum absolute atomic E-state index is 12.2. The number of anilines is 2. The number of nitrogens with one attached hydrogen (secondary N) is 2. The van der Waals surface area contributed by atoms with Gasteiger partial charge in [-0.05, 0) is 72.4 Å². The quantitative estimate of drug-likeness (QED) is 0.344. The van der Waals surface area contributed by atoms with E-state index in [0.29, 0.717) is 21.2 Å². The van der Waals surface area contributed by atoms with Gasteiger partial charge < -0.3 is 9.84 Å². The molecular formula is C20H24BrClN6O5S. The van der Waals surface area contributed by atoms with Crippen LogP contribution in [0.5, 0.6) is 0 Å². The van der Waals surface area contributed by atoms with E-state index >= 15 is 0 Å². The minimum Gasteiger partial charge on any atom is -0.444 e. The summed E-state index contributed by atoms with van der Waals surface area (Å²) in [7, 11) is -3.62. The van der Waals surface area contributed by atoms with Crippen LogP contribution in [0.15, 0.2) is 28.9 Å². The standard InChI is InChI=1S/C20H24BrClN6O5S/c1-20(2,3)33-19(30)25-16-13-10-23-28(17(13)26-18(22)24-16)11-12-5-6-14(21)15(9-12)27-34(31,32)8-4-7-29/h5-6,9-10,27,29H,4,7-8,11H2,1-3H3,(H,24,25,26,30). The number of sulfonamides is 1. The molecule has 0 aliphatic heterocycles. The van der Waals surface area contributed by atoms with E-state index in [1.807, 2.05) is 0 Å². The molecule has 3 rings (SSSR count). The first-order chi connectivity index (χ1) is 15.9. The number of halogens is 2. The number of rotatable bonds is 8. The summed E-state index contributed by atoms with van der Waals surface area (Å²) >= 11 is 9.42. The van der Waals surface area contributed by atoms with E-state index in [-0.39, 0.29) is 36.4 Å². The zero-order valence-electron chi connectivity index (χ0n) is 18.7. The van der Waals surface area contributed by atoms with Gasteiger partial charge in [-0.15, -0.1) is 0 Å². The van der Waals surface area contributed by atoms with Gasteiger partial charge in [-0.3, -0.25) is 10.0 Å². The van der Waals surface area contributed by atoms with Crippen molar-refractivity contribution in [1.29, 1.82) is 0 Å². The van der Waals surface area contributed by atoms with Gasteiger partial charge in [0.15, 0.2) is 11.5 Å². The van der Waals surface area contributed by atoms with E-state index in [1.54, 1.807) is 43.7 Å². The third kappa shape index (κ3) is 7.01. The number of aliphatic hydroxyl groups excluding tert-OH is 1. The first-order valence-corrected chi connectivity index (χ1v) is 13.0. The molecule has 0 saturated carbocycles. The number of carbonyl (C=O) groups is 1. The summed E-state index contributed by atoms with van der Waals surface area (Å²) in [5.41, 5.74) is 0.763. The SMILES string of the molecule is CC(C)(C)OC(=O)Nc1nc(Cl)nc2c1cnn2Cc1ccc(Br)c(NS(=O)(=O)CCCO)c1. The molecule has 1 aromatic carbocycles. The van der Waals surface area contributed by atoms with Gasteiger partial charge >= 0.3 is 6.09 Å². The summed E-state index contributed by atoms with van der Waals surface area (Å²) in [6.45, 7) is 5.25. The van der Waals surface area contributed by atoms with Gasteiger partial charge in [-0.1, -0.05) is 6.07 Å². The van der Waals surface area contributed by atoms with Crippen molar-refractivity contribution in [2.24, 2.45) is 0 Å². The minimum absolute atomic E-state index is 0.0894. The second-order valence-electron chi connectivity index (χ2n) is 8.32. The lowest BCUT2D eigenvalue weighted by Gasteiger charge is -2.19. The van der Waals surface area contributed by atoms with Crippen molar-refractivity contribution < 1.29 is 23.1 Å². The fourth-order valence-electron chi connectivity index (χ4n) is 2.94. The lowest BCUT2D eigenvalue weighted by atomic mass is 10.2. The topological polar surface area (TPSA) is 148 Å². The monoisotopic (exact) mass is 574 g/mol. The average Bonchev–Trinajstić information content (AvgIpc) is 3.10. The number of fused-ring (bicyclic) bond motifs is 1. The summed E-state index contributed by atoms with van der Waals surface area (Å²) in [5.74, 6) is -0.0454. The van der Waals surface area contributed by atoms with Crippen LogP contribution < -0.4 is 10.0 Å². The van der Waals surface area contributed by atoms with Crippen LogP contribution in [-0.4, -0.2) is 57.3 Å². The zero-order chi connectivity index (χ0) is 25.1. The molecule has 34 heavy (non-hydrogen) atoms. The molecule has 2 heterocycles. The zero-order valence-corrected chi connectivity index (χ0v) is 21.8. The molecule has 0 saturated heterocycles. The van der Waals surface area contributed by atoms with Gasteiger partial charge in [0, 0.05) is 11.1 Å². The van der Waals surface area contributed by atoms with E-state index in [4.69, 9.17) is 21.4 Å². The van der Waals surface area contributed by atoms with E-state index < -0.39 is 21.7 Å². The van der Waals surface area contributed by atoms with Crippen LogP contribution in [0.1, 0.15) is 32.8 Å². The Bertz CT molecular complexity index is 1310. The Morgan fingerprint density at radius 1 is 1.29 bits per heavy atom. The highest BCUT2D eigenvalue weighted by Gasteiger charge is 2.20. The molecule has 3 N–H and O–H groups in total. The van der Waals surface area contributed by atoms with Gasteiger partial charge in [-0.2, -0.15) is 15.1 Å². The van der Waals surface area contributed by atoms with Crippen molar-refractivity contribution >= 4 is 66.2 Å². The molecule has 3 aromatic rings. The molecule has 0 atom stereocenters. The summed E-state index contributed by atoms with van der Waals surface area (Å²) in [6, 6.07) is 5.17. The molecule has 1 amide bonds. The Kier molecular flexibility index (Phi) is 8.01. The van der Waals surface area contributed by atoms with Crippen molar-refractivity contribution in [1.82, 2.24) is 19.7 Å². The molecule has 184 valence electrons. The van der Waals surface area contributed by atoms with Gasteiger partial charge in [0.25, 0.3) is 0 Å². The van der Waals surface area contributed by atoms with Crippen molar-refractivity contribution in [3.05, 3.63) is 39.7 Å². The van der Waals surface area contributed by atoms with Gasteiger partial charge in [0.1, 0.15) is 5.60 Å². The number of aromatic nitrogens is 4. The first-order valence-electron chi connectivity index (χ1n) is 10.2. The predicted octanol–water partition coefficient (Wildman–Crippen LogP) is 3.76. The molecule has 0 aliphatic carbocycles. The van der Waals surface area contributed by atoms with Crippen LogP contribution in [0.2, 0.25) is 5.28 Å². The second-order valence-corrected chi connectivity index (χ2v) is 11.4. The van der Waals surface area contributed by atoms with Crippen molar-refractivity contribution in [3.63, 3.8) is 0 Å². The number of benzene rings is 1. The highest BCUT2D eigenvalue weighted by atomic mass is 79.9. The molecule has 0 unspecified atom stereocenters. The molecule has 0 fully saturated rings. The van der Waals surface area contributed by atoms with Crippen LogP contribution in [0.25, 0.3) is 11.0 Å².